The molecule has 1 aliphatic heterocycles. The molecule has 1 unspecified atom stereocenters. The number of hydrogen-bond acceptors (Lipinski definition) is 5. The van der Waals surface area contributed by atoms with Crippen molar-refractivity contribution in [1.82, 2.24) is 9.55 Å². The van der Waals surface area contributed by atoms with Crippen LogP contribution in [0.15, 0.2) is 30.6 Å². The summed E-state index contributed by atoms with van der Waals surface area (Å²) in [5.74, 6) is 1.08. The van der Waals surface area contributed by atoms with E-state index in [1.807, 2.05) is 24.3 Å². The molecule has 7 nitrogen and oxygen atoms in total. The number of anilines is 1. The first-order chi connectivity index (χ1) is 9.66. The maximum atomic E-state index is 11.0. The number of fused-ring (bicyclic) bond motifs is 1. The smallest absolute Gasteiger partial charge is 0.406 e. The zero-order chi connectivity index (χ0) is 14.1. The van der Waals surface area contributed by atoms with Gasteiger partial charge in [-0.1, -0.05) is 18.2 Å². The molecule has 1 aromatic heterocycles. The Morgan fingerprint density at radius 3 is 3.10 bits per heavy atom. The van der Waals surface area contributed by atoms with Crippen molar-refractivity contribution in [2.45, 2.75) is 12.5 Å². The van der Waals surface area contributed by atoms with Gasteiger partial charge >= 0.3 is 5.82 Å². The Balaban J connectivity index is 1.93. The van der Waals surface area contributed by atoms with Crippen LogP contribution in [0, 0.1) is 10.1 Å². The number of aromatic nitrogens is 2. The lowest BCUT2D eigenvalue weighted by Gasteiger charge is -2.26. The summed E-state index contributed by atoms with van der Waals surface area (Å²) in [5.41, 5.74) is 1.01. The number of hydrogen-bond donors (Lipinski definition) is 1. The van der Waals surface area contributed by atoms with Crippen LogP contribution in [0.1, 0.15) is 18.0 Å². The molecule has 0 saturated heterocycles. The molecular formula is C13H14N4O3. The number of para-hydroxylation sites is 1. The second-order valence-electron chi connectivity index (χ2n) is 4.66. The minimum absolute atomic E-state index is 0.0194. The standard InChI is InChI=1S/C13H14N4O3/c1-16-8-14-12(17(18)19)13(16)15-10-6-7-20-11-5-3-2-4-9(10)11/h2-5,8,10,15H,6-7H2,1H3. The Bertz CT molecular complexity index is 653. The van der Waals surface area contributed by atoms with Gasteiger partial charge in [-0.05, 0) is 16.0 Å². The quantitative estimate of drug-likeness (QED) is 0.685. The molecule has 20 heavy (non-hydrogen) atoms. The molecule has 3 rings (SSSR count). The molecule has 0 spiro atoms. The Labute approximate surface area is 115 Å². The maximum absolute atomic E-state index is 11.0. The van der Waals surface area contributed by atoms with Crippen molar-refractivity contribution < 1.29 is 9.66 Å². The fourth-order valence-electron chi connectivity index (χ4n) is 2.37. The van der Waals surface area contributed by atoms with Gasteiger partial charge < -0.3 is 20.2 Å². The SMILES string of the molecule is Cn1cnc([N+](=O)[O-])c1NC1CCOc2ccccc21. The van der Waals surface area contributed by atoms with Gasteiger partial charge in [-0.3, -0.25) is 4.57 Å². The van der Waals surface area contributed by atoms with Crippen molar-refractivity contribution in [2.24, 2.45) is 7.05 Å². The van der Waals surface area contributed by atoms with Crippen LogP contribution < -0.4 is 10.1 Å². The zero-order valence-corrected chi connectivity index (χ0v) is 10.9. The van der Waals surface area contributed by atoms with Crippen molar-refractivity contribution in [2.75, 3.05) is 11.9 Å². The highest BCUT2D eigenvalue weighted by atomic mass is 16.6. The van der Waals surface area contributed by atoms with Gasteiger partial charge in [-0.2, -0.15) is 0 Å². The molecule has 1 aromatic carbocycles. The highest BCUT2D eigenvalue weighted by molar-refractivity contribution is 5.54. The predicted molar refractivity (Wildman–Crippen MR) is 72.8 cm³/mol. The first kappa shape index (κ1) is 12.5. The first-order valence-electron chi connectivity index (χ1n) is 6.31. The second-order valence-corrected chi connectivity index (χ2v) is 4.66. The van der Waals surface area contributed by atoms with Crippen LogP contribution in [-0.4, -0.2) is 21.1 Å². The van der Waals surface area contributed by atoms with E-state index in [0.29, 0.717) is 12.4 Å². The summed E-state index contributed by atoms with van der Waals surface area (Å²) in [7, 11) is 1.73. The van der Waals surface area contributed by atoms with Gasteiger partial charge in [0.25, 0.3) is 0 Å². The van der Waals surface area contributed by atoms with Crippen LogP contribution in [0.5, 0.6) is 5.75 Å². The minimum Gasteiger partial charge on any atom is -0.493 e. The number of imidazole rings is 1. The molecular weight excluding hydrogens is 260 g/mol. The Morgan fingerprint density at radius 1 is 1.50 bits per heavy atom. The number of nitrogens with zero attached hydrogens (tertiary/aromatic N) is 3. The van der Waals surface area contributed by atoms with E-state index in [9.17, 15) is 10.1 Å². The molecule has 1 aliphatic rings. The molecule has 2 aromatic rings. The van der Waals surface area contributed by atoms with Gasteiger partial charge in [0.1, 0.15) is 5.75 Å². The van der Waals surface area contributed by atoms with Crippen LogP contribution >= 0.6 is 0 Å². The second kappa shape index (κ2) is 4.84. The molecule has 2 heterocycles. The highest BCUT2D eigenvalue weighted by Crippen LogP contribution is 2.35. The number of ether oxygens (including phenoxy) is 1. The topological polar surface area (TPSA) is 82.2 Å². The Morgan fingerprint density at radius 2 is 2.30 bits per heavy atom. The van der Waals surface area contributed by atoms with Crippen LogP contribution in [0.2, 0.25) is 0 Å². The van der Waals surface area contributed by atoms with Crippen LogP contribution in [0.3, 0.4) is 0 Å². The van der Waals surface area contributed by atoms with Gasteiger partial charge in [-0.25, -0.2) is 0 Å². The molecule has 0 amide bonds. The van der Waals surface area contributed by atoms with Crippen molar-refractivity contribution in [3.05, 3.63) is 46.3 Å². The summed E-state index contributed by atoms with van der Waals surface area (Å²) >= 11 is 0. The predicted octanol–water partition coefficient (Wildman–Crippen LogP) is 2.26. The monoisotopic (exact) mass is 274 g/mol. The third kappa shape index (κ3) is 2.07. The van der Waals surface area contributed by atoms with E-state index in [1.54, 1.807) is 11.6 Å². The molecule has 0 saturated carbocycles. The molecule has 7 heteroatoms. The van der Waals surface area contributed by atoms with Gasteiger partial charge in [0.15, 0.2) is 0 Å². The normalized spacial score (nSPS) is 17.1. The van der Waals surface area contributed by atoms with Gasteiger partial charge in [-0.15, -0.1) is 0 Å². The molecule has 0 aliphatic carbocycles. The van der Waals surface area contributed by atoms with Crippen molar-refractivity contribution in [1.29, 1.82) is 0 Å². The molecule has 0 fully saturated rings. The maximum Gasteiger partial charge on any atom is 0.406 e. The van der Waals surface area contributed by atoms with E-state index in [1.165, 1.54) is 6.33 Å². The lowest BCUT2D eigenvalue weighted by molar-refractivity contribution is -0.388. The third-order valence-electron chi connectivity index (χ3n) is 3.36. The number of aryl methyl sites for hydroxylation is 1. The fourth-order valence-corrected chi connectivity index (χ4v) is 2.37. The summed E-state index contributed by atoms with van der Waals surface area (Å²) in [6.07, 6.45) is 2.19. The van der Waals surface area contributed by atoms with Gasteiger partial charge in [0.05, 0.1) is 12.6 Å². The molecule has 104 valence electrons. The fraction of sp³-hybridized carbons (Fsp3) is 0.308. The summed E-state index contributed by atoms with van der Waals surface area (Å²) in [6, 6.07) is 7.69. The van der Waals surface area contributed by atoms with Crippen LogP contribution in [-0.2, 0) is 7.05 Å². The first-order valence-corrected chi connectivity index (χ1v) is 6.31. The largest absolute Gasteiger partial charge is 0.493 e. The van der Waals surface area contributed by atoms with E-state index in [4.69, 9.17) is 4.74 Å². The summed E-state index contributed by atoms with van der Waals surface area (Å²) in [4.78, 5) is 14.3. The van der Waals surface area contributed by atoms with Gasteiger partial charge in [0.2, 0.25) is 12.1 Å². The number of nitrogens with one attached hydrogen (secondary N) is 1. The summed E-state index contributed by atoms with van der Waals surface area (Å²) in [5, 5.41) is 14.2. The molecule has 0 radical (unpaired) electrons. The van der Waals surface area contributed by atoms with E-state index in [0.717, 1.165) is 17.7 Å². The number of nitro groups is 1. The van der Waals surface area contributed by atoms with Crippen molar-refractivity contribution in [3.8, 4) is 5.75 Å². The lowest BCUT2D eigenvalue weighted by atomic mass is 10.0. The number of rotatable bonds is 3. The zero-order valence-electron chi connectivity index (χ0n) is 10.9. The lowest BCUT2D eigenvalue weighted by Crippen LogP contribution is -2.21. The minimum atomic E-state index is -0.479. The molecule has 1 N–H and O–H groups in total. The Kier molecular flexibility index (Phi) is 3.02. The molecule has 1 atom stereocenters. The van der Waals surface area contributed by atoms with E-state index in [-0.39, 0.29) is 11.9 Å². The number of benzene rings is 1. The average Bonchev–Trinajstić information content (AvgIpc) is 2.81. The Hall–Kier alpha value is -2.57. The summed E-state index contributed by atoms with van der Waals surface area (Å²) < 4.78 is 7.21. The average molecular weight is 274 g/mol. The highest BCUT2D eigenvalue weighted by Gasteiger charge is 2.26. The van der Waals surface area contributed by atoms with Crippen molar-refractivity contribution in [3.63, 3.8) is 0 Å². The molecule has 0 bridgehead atoms. The van der Waals surface area contributed by atoms with E-state index in [2.05, 4.69) is 10.3 Å². The van der Waals surface area contributed by atoms with Crippen LogP contribution in [0.25, 0.3) is 0 Å². The van der Waals surface area contributed by atoms with Crippen LogP contribution in [0.4, 0.5) is 11.6 Å². The van der Waals surface area contributed by atoms with Gasteiger partial charge in [0, 0.05) is 19.0 Å². The summed E-state index contributed by atoms with van der Waals surface area (Å²) in [6.45, 7) is 0.584. The van der Waals surface area contributed by atoms with E-state index >= 15 is 0 Å². The third-order valence-corrected chi connectivity index (χ3v) is 3.36. The van der Waals surface area contributed by atoms with E-state index < -0.39 is 4.92 Å². The van der Waals surface area contributed by atoms with Crippen molar-refractivity contribution >= 4 is 11.6 Å².